The molecule has 188 valence electrons. The maximum absolute atomic E-state index is 13.1. The van der Waals surface area contributed by atoms with Gasteiger partial charge in [-0.05, 0) is 65.6 Å². The Morgan fingerprint density at radius 3 is 2.28 bits per heavy atom. The fraction of sp³-hybridized carbons (Fsp3) is 0.321. The highest BCUT2D eigenvalue weighted by atomic mass is 35.5. The molecule has 3 atom stereocenters. The van der Waals surface area contributed by atoms with Crippen LogP contribution in [0.15, 0.2) is 65.2 Å². The third-order valence-corrected chi connectivity index (χ3v) is 7.06. The fourth-order valence-corrected chi connectivity index (χ4v) is 5.28. The van der Waals surface area contributed by atoms with Gasteiger partial charge >= 0.3 is 5.97 Å². The second-order valence-corrected chi connectivity index (χ2v) is 10.8. The number of hydrogen-bond donors (Lipinski definition) is 1. The van der Waals surface area contributed by atoms with Crippen molar-refractivity contribution in [3.63, 3.8) is 0 Å². The molecule has 8 heteroatoms. The van der Waals surface area contributed by atoms with Crippen molar-refractivity contribution < 1.29 is 14.6 Å². The van der Waals surface area contributed by atoms with E-state index in [1.165, 1.54) is 6.08 Å². The van der Waals surface area contributed by atoms with E-state index in [0.29, 0.717) is 16.5 Å². The summed E-state index contributed by atoms with van der Waals surface area (Å²) in [4.78, 5) is 17.8. The molecule has 3 rings (SSSR count). The molecular formula is C28H27Cl3N2O3. The minimum atomic E-state index is -1.58. The Balaban J connectivity index is 2.30. The van der Waals surface area contributed by atoms with Crippen LogP contribution in [0.1, 0.15) is 39.3 Å². The number of nitrogens with zero attached hydrogens (tertiary/aromatic N) is 2. The molecule has 1 N–H and O–H groups in total. The van der Waals surface area contributed by atoms with Crippen molar-refractivity contribution in [2.45, 2.75) is 33.6 Å². The molecule has 0 aliphatic heterocycles. The van der Waals surface area contributed by atoms with Crippen molar-refractivity contribution in [2.75, 3.05) is 0 Å². The van der Waals surface area contributed by atoms with Gasteiger partial charge in [-0.1, -0.05) is 80.7 Å². The quantitative estimate of drug-likeness (QED) is 0.291. The number of benzene rings is 2. The molecule has 0 bridgehead atoms. The fourth-order valence-electron chi connectivity index (χ4n) is 4.89. The minimum Gasteiger partial charge on any atom is -0.481 e. The molecule has 0 amide bonds. The van der Waals surface area contributed by atoms with Crippen LogP contribution in [-0.2, 0) is 4.79 Å². The van der Waals surface area contributed by atoms with E-state index in [-0.39, 0.29) is 16.3 Å². The highest BCUT2D eigenvalue weighted by Gasteiger charge is 2.56. The molecule has 3 unspecified atom stereocenters. The van der Waals surface area contributed by atoms with E-state index in [0.717, 1.165) is 10.8 Å². The van der Waals surface area contributed by atoms with Crippen LogP contribution < -0.4 is 4.74 Å². The molecule has 36 heavy (non-hydrogen) atoms. The average molecular weight is 546 g/mol. The van der Waals surface area contributed by atoms with Gasteiger partial charge in [0.05, 0.1) is 17.2 Å². The van der Waals surface area contributed by atoms with Crippen LogP contribution in [0.4, 0.5) is 0 Å². The van der Waals surface area contributed by atoms with E-state index in [1.807, 2.05) is 38.1 Å². The second kappa shape index (κ2) is 11.5. The zero-order valence-electron chi connectivity index (χ0n) is 20.4. The van der Waals surface area contributed by atoms with Crippen molar-refractivity contribution >= 4 is 51.5 Å². The molecule has 0 saturated carbocycles. The zero-order chi connectivity index (χ0) is 26.6. The van der Waals surface area contributed by atoms with Crippen LogP contribution in [0.2, 0.25) is 5.02 Å². The lowest BCUT2D eigenvalue weighted by molar-refractivity contribution is -0.157. The van der Waals surface area contributed by atoms with Crippen LogP contribution in [0.3, 0.4) is 0 Å². The maximum atomic E-state index is 13.1. The van der Waals surface area contributed by atoms with E-state index >= 15 is 0 Å². The number of hydrogen-bond acceptors (Lipinski definition) is 4. The van der Waals surface area contributed by atoms with Gasteiger partial charge in [-0.3, -0.25) is 4.79 Å². The van der Waals surface area contributed by atoms with Crippen molar-refractivity contribution in [1.82, 2.24) is 4.98 Å². The minimum absolute atomic E-state index is 0.0464. The number of aromatic nitrogens is 1. The second-order valence-electron chi connectivity index (χ2n) is 9.31. The topological polar surface area (TPSA) is 83.2 Å². The van der Waals surface area contributed by atoms with Crippen LogP contribution in [0, 0.1) is 34.5 Å². The summed E-state index contributed by atoms with van der Waals surface area (Å²) in [5.74, 6) is -2.79. The molecule has 0 radical (unpaired) electrons. The van der Waals surface area contributed by atoms with E-state index in [2.05, 4.69) is 6.07 Å². The molecular weight excluding hydrogens is 519 g/mol. The summed E-state index contributed by atoms with van der Waals surface area (Å²) >= 11 is 18.1. The van der Waals surface area contributed by atoms with Gasteiger partial charge in [0.2, 0.25) is 5.88 Å². The van der Waals surface area contributed by atoms with Crippen LogP contribution >= 0.6 is 34.8 Å². The largest absolute Gasteiger partial charge is 0.481 e. The highest BCUT2D eigenvalue weighted by molar-refractivity contribution is 6.55. The molecule has 0 fully saturated rings. The third-order valence-electron chi connectivity index (χ3n) is 6.56. The standard InChI is InChI=1S/C28H27Cl3N2O3/c1-16(2)22(14-25(30)31)28(17(3)4,27(34)35)23(15-32)24-13-18-7-5-6-8-21(18)26(33-24)36-20-11-9-19(29)10-12-20/h5-14,16-17,22-23H,1-4H3,(H,34,35). The smallest absolute Gasteiger partial charge is 0.312 e. The number of carboxylic acid groups (broad SMARTS) is 1. The monoisotopic (exact) mass is 544 g/mol. The number of carboxylic acids is 1. The Labute approximate surface area is 226 Å². The number of nitriles is 1. The van der Waals surface area contributed by atoms with E-state index < -0.39 is 29.1 Å². The third kappa shape index (κ3) is 5.47. The number of pyridine rings is 1. The Bertz CT molecular complexity index is 1310. The predicted molar refractivity (Wildman–Crippen MR) is 145 cm³/mol. The van der Waals surface area contributed by atoms with Crippen molar-refractivity contribution in [1.29, 1.82) is 5.26 Å². The first-order valence-electron chi connectivity index (χ1n) is 11.5. The molecule has 0 saturated heterocycles. The predicted octanol–water partition coefficient (Wildman–Crippen LogP) is 8.61. The number of carbonyl (C=O) groups is 1. The summed E-state index contributed by atoms with van der Waals surface area (Å²) in [6, 6.07) is 18.3. The molecule has 2 aromatic carbocycles. The lowest BCUT2D eigenvalue weighted by atomic mass is 9.57. The summed E-state index contributed by atoms with van der Waals surface area (Å²) in [6.07, 6.45) is 1.53. The first-order valence-corrected chi connectivity index (χ1v) is 12.6. The first kappa shape index (κ1) is 27.8. The van der Waals surface area contributed by atoms with Crippen molar-refractivity contribution in [2.24, 2.45) is 23.2 Å². The Morgan fingerprint density at radius 1 is 1.11 bits per heavy atom. The summed E-state index contributed by atoms with van der Waals surface area (Å²) in [6.45, 7) is 7.34. The van der Waals surface area contributed by atoms with Gasteiger partial charge in [0.15, 0.2) is 0 Å². The molecule has 0 aliphatic carbocycles. The Hall–Kier alpha value is -2.78. The zero-order valence-corrected chi connectivity index (χ0v) is 22.6. The van der Waals surface area contributed by atoms with Crippen LogP contribution in [0.5, 0.6) is 11.6 Å². The van der Waals surface area contributed by atoms with Crippen molar-refractivity contribution in [3.05, 3.63) is 75.9 Å². The summed E-state index contributed by atoms with van der Waals surface area (Å²) in [7, 11) is 0. The highest BCUT2D eigenvalue weighted by Crippen LogP contribution is 2.52. The van der Waals surface area contributed by atoms with Gasteiger partial charge in [-0.25, -0.2) is 4.98 Å². The summed E-state index contributed by atoms with van der Waals surface area (Å²) in [5.41, 5.74) is -1.29. The maximum Gasteiger partial charge on any atom is 0.312 e. The van der Waals surface area contributed by atoms with Gasteiger partial charge in [0, 0.05) is 10.4 Å². The lowest BCUT2D eigenvalue weighted by Crippen LogP contribution is -2.49. The normalized spacial score (nSPS) is 14.7. The van der Waals surface area contributed by atoms with Gasteiger partial charge in [-0.2, -0.15) is 5.26 Å². The van der Waals surface area contributed by atoms with Crippen molar-refractivity contribution in [3.8, 4) is 17.7 Å². The Morgan fingerprint density at radius 2 is 1.75 bits per heavy atom. The first-order chi connectivity index (χ1) is 17.0. The number of aliphatic carboxylic acids is 1. The average Bonchev–Trinajstić information content (AvgIpc) is 2.81. The Kier molecular flexibility index (Phi) is 8.89. The van der Waals surface area contributed by atoms with Gasteiger partial charge < -0.3 is 9.84 Å². The molecule has 3 aromatic rings. The summed E-state index contributed by atoms with van der Waals surface area (Å²) < 4.78 is 6.06. The van der Waals surface area contributed by atoms with Gasteiger partial charge in [0.25, 0.3) is 0 Å². The number of rotatable bonds is 9. The van der Waals surface area contributed by atoms with Crippen LogP contribution in [-0.4, -0.2) is 16.1 Å². The summed E-state index contributed by atoms with van der Waals surface area (Å²) in [5, 5.41) is 23.2. The molecule has 1 aromatic heterocycles. The van der Waals surface area contributed by atoms with E-state index in [9.17, 15) is 15.2 Å². The van der Waals surface area contributed by atoms with E-state index in [4.69, 9.17) is 44.5 Å². The lowest BCUT2D eigenvalue weighted by Gasteiger charge is -2.44. The van der Waals surface area contributed by atoms with Crippen LogP contribution in [0.25, 0.3) is 10.8 Å². The molecule has 0 spiro atoms. The number of ether oxygens (including phenoxy) is 1. The van der Waals surface area contributed by atoms with Gasteiger partial charge in [-0.15, -0.1) is 0 Å². The van der Waals surface area contributed by atoms with Gasteiger partial charge in [0.1, 0.15) is 16.2 Å². The molecule has 0 aliphatic rings. The molecule has 5 nitrogen and oxygen atoms in total. The SMILES string of the molecule is CC(C)C(C=C(Cl)Cl)C(C(=O)O)(C(C)C)C(C#N)c1cc2ccccc2c(Oc2ccc(Cl)cc2)n1. The number of halogens is 3. The molecule has 1 heterocycles. The number of fused-ring (bicyclic) bond motifs is 1. The van der Waals surface area contributed by atoms with E-state index in [1.54, 1.807) is 44.2 Å². The number of allylic oxidation sites excluding steroid dienone is 1.